The van der Waals surface area contributed by atoms with Crippen molar-refractivity contribution in [1.29, 1.82) is 0 Å². The van der Waals surface area contributed by atoms with Crippen LogP contribution in [-0.4, -0.2) is 16.1 Å². The third-order valence-electron chi connectivity index (χ3n) is 2.82. The number of aromatic amines is 1. The Labute approximate surface area is 93.1 Å². The number of nitrogens with two attached hydrogens (primary N) is 1. The summed E-state index contributed by atoms with van der Waals surface area (Å²) in [5.74, 6) is -0.934. The number of carboxylic acid groups (broad SMARTS) is 1. The molecule has 84 valence electrons. The Balaban J connectivity index is 2.69. The van der Waals surface area contributed by atoms with E-state index in [-0.39, 0.29) is 11.7 Å². The Kier molecular flexibility index (Phi) is 2.44. The minimum Gasteiger partial charge on any atom is -0.477 e. The van der Waals surface area contributed by atoms with Gasteiger partial charge < -0.3 is 15.8 Å². The summed E-state index contributed by atoms with van der Waals surface area (Å²) < 4.78 is 0. The number of nitrogens with one attached hydrogen (secondary N) is 1. The number of carboxylic acids is 1. The van der Waals surface area contributed by atoms with Gasteiger partial charge in [0, 0.05) is 16.9 Å². The number of carbonyl (C=O) groups is 1. The van der Waals surface area contributed by atoms with Gasteiger partial charge in [-0.25, -0.2) is 4.79 Å². The van der Waals surface area contributed by atoms with Crippen LogP contribution >= 0.6 is 0 Å². The topological polar surface area (TPSA) is 79.1 Å². The molecule has 1 unspecified atom stereocenters. The lowest BCUT2D eigenvalue weighted by Gasteiger charge is -2.05. The SMILES string of the molecule is Cc1c(C(=O)O)[nH]c2ccc(C(C)N)cc12. The summed E-state index contributed by atoms with van der Waals surface area (Å²) in [4.78, 5) is 13.8. The summed E-state index contributed by atoms with van der Waals surface area (Å²) in [6.07, 6.45) is 0. The van der Waals surface area contributed by atoms with Crippen molar-refractivity contribution in [3.63, 3.8) is 0 Å². The summed E-state index contributed by atoms with van der Waals surface area (Å²) in [7, 11) is 0. The minimum atomic E-state index is -0.934. The predicted octanol–water partition coefficient (Wildman–Crippen LogP) is 2.19. The summed E-state index contributed by atoms with van der Waals surface area (Å²) in [6.45, 7) is 3.70. The van der Waals surface area contributed by atoms with E-state index in [0.717, 1.165) is 22.0 Å². The van der Waals surface area contributed by atoms with Crippen molar-refractivity contribution in [2.75, 3.05) is 0 Å². The molecule has 0 amide bonds. The standard InChI is InChI=1S/C12H14N2O2/c1-6-9-5-8(7(2)13)3-4-10(9)14-11(6)12(15)16/h3-5,7,14H,13H2,1-2H3,(H,15,16). The molecule has 0 radical (unpaired) electrons. The second kappa shape index (κ2) is 3.64. The van der Waals surface area contributed by atoms with E-state index in [1.165, 1.54) is 0 Å². The number of aryl methyl sites for hydroxylation is 1. The number of H-pyrrole nitrogens is 1. The monoisotopic (exact) mass is 218 g/mol. The van der Waals surface area contributed by atoms with Crippen molar-refractivity contribution in [2.24, 2.45) is 5.73 Å². The van der Waals surface area contributed by atoms with Crippen LogP contribution in [0.4, 0.5) is 0 Å². The average molecular weight is 218 g/mol. The fourth-order valence-corrected chi connectivity index (χ4v) is 1.84. The number of hydrogen-bond donors (Lipinski definition) is 3. The molecule has 2 rings (SSSR count). The summed E-state index contributed by atoms with van der Waals surface area (Å²) in [5, 5.41) is 9.91. The fourth-order valence-electron chi connectivity index (χ4n) is 1.84. The zero-order chi connectivity index (χ0) is 11.9. The molecule has 0 aliphatic rings. The highest BCUT2D eigenvalue weighted by Crippen LogP contribution is 2.24. The summed E-state index contributed by atoms with van der Waals surface area (Å²) in [6, 6.07) is 5.67. The molecule has 0 aliphatic carbocycles. The van der Waals surface area contributed by atoms with E-state index < -0.39 is 5.97 Å². The van der Waals surface area contributed by atoms with Gasteiger partial charge in [-0.2, -0.15) is 0 Å². The predicted molar refractivity (Wildman–Crippen MR) is 62.6 cm³/mol. The molecule has 4 heteroatoms. The molecule has 1 aromatic heterocycles. The summed E-state index contributed by atoms with van der Waals surface area (Å²) in [5.41, 5.74) is 8.64. The van der Waals surface area contributed by atoms with Crippen molar-refractivity contribution >= 4 is 16.9 Å². The van der Waals surface area contributed by atoms with Crippen LogP contribution in [0.5, 0.6) is 0 Å². The van der Waals surface area contributed by atoms with Gasteiger partial charge in [-0.1, -0.05) is 6.07 Å². The maximum absolute atomic E-state index is 11.0. The van der Waals surface area contributed by atoms with Crippen LogP contribution in [0.1, 0.15) is 34.6 Å². The second-order valence-corrected chi connectivity index (χ2v) is 4.02. The molecule has 0 fully saturated rings. The number of benzene rings is 1. The van der Waals surface area contributed by atoms with Crippen LogP contribution in [0.25, 0.3) is 10.9 Å². The number of hydrogen-bond acceptors (Lipinski definition) is 2. The van der Waals surface area contributed by atoms with Gasteiger partial charge in [0.05, 0.1) is 0 Å². The Morgan fingerprint density at radius 3 is 2.75 bits per heavy atom. The van der Waals surface area contributed by atoms with Gasteiger partial charge in [0.2, 0.25) is 0 Å². The van der Waals surface area contributed by atoms with Gasteiger partial charge in [-0.3, -0.25) is 0 Å². The Morgan fingerprint density at radius 2 is 2.19 bits per heavy atom. The molecule has 4 nitrogen and oxygen atoms in total. The lowest BCUT2D eigenvalue weighted by molar-refractivity contribution is 0.0691. The lowest BCUT2D eigenvalue weighted by Crippen LogP contribution is -2.04. The molecule has 0 saturated heterocycles. The first-order valence-electron chi connectivity index (χ1n) is 5.12. The van der Waals surface area contributed by atoms with Crippen molar-refractivity contribution in [3.05, 3.63) is 35.0 Å². The van der Waals surface area contributed by atoms with Crippen LogP contribution in [0.2, 0.25) is 0 Å². The third kappa shape index (κ3) is 1.57. The highest BCUT2D eigenvalue weighted by Gasteiger charge is 2.14. The first kappa shape index (κ1) is 10.7. The molecule has 1 atom stereocenters. The Bertz CT molecular complexity index is 555. The van der Waals surface area contributed by atoms with Gasteiger partial charge in [-0.15, -0.1) is 0 Å². The van der Waals surface area contributed by atoms with Gasteiger partial charge in [0.15, 0.2) is 0 Å². The number of aromatic nitrogens is 1. The molecular weight excluding hydrogens is 204 g/mol. The van der Waals surface area contributed by atoms with Gasteiger partial charge in [0.1, 0.15) is 5.69 Å². The van der Waals surface area contributed by atoms with Gasteiger partial charge in [-0.05, 0) is 37.1 Å². The minimum absolute atomic E-state index is 0.0491. The maximum Gasteiger partial charge on any atom is 0.352 e. The van der Waals surface area contributed by atoms with Crippen molar-refractivity contribution in [3.8, 4) is 0 Å². The number of fused-ring (bicyclic) bond motifs is 1. The largest absolute Gasteiger partial charge is 0.477 e. The van der Waals surface area contributed by atoms with E-state index in [0.29, 0.717) is 0 Å². The van der Waals surface area contributed by atoms with Crippen molar-refractivity contribution in [1.82, 2.24) is 4.98 Å². The van der Waals surface area contributed by atoms with E-state index >= 15 is 0 Å². The first-order valence-corrected chi connectivity index (χ1v) is 5.12. The van der Waals surface area contributed by atoms with Gasteiger partial charge in [0.25, 0.3) is 0 Å². The normalized spacial score (nSPS) is 12.9. The average Bonchev–Trinajstić information content (AvgIpc) is 2.56. The van der Waals surface area contributed by atoms with Crippen LogP contribution in [-0.2, 0) is 0 Å². The number of aromatic carboxylic acids is 1. The quantitative estimate of drug-likeness (QED) is 0.722. The summed E-state index contributed by atoms with van der Waals surface area (Å²) >= 11 is 0. The van der Waals surface area contributed by atoms with Crippen molar-refractivity contribution < 1.29 is 9.90 Å². The van der Waals surface area contributed by atoms with E-state index in [2.05, 4.69) is 4.98 Å². The highest BCUT2D eigenvalue weighted by atomic mass is 16.4. The molecule has 1 aromatic carbocycles. The maximum atomic E-state index is 11.0. The molecular formula is C12H14N2O2. The van der Waals surface area contributed by atoms with E-state index in [9.17, 15) is 4.79 Å². The van der Waals surface area contributed by atoms with Gasteiger partial charge >= 0.3 is 5.97 Å². The van der Waals surface area contributed by atoms with E-state index in [1.54, 1.807) is 6.92 Å². The third-order valence-corrected chi connectivity index (χ3v) is 2.82. The second-order valence-electron chi connectivity index (χ2n) is 4.02. The van der Waals surface area contributed by atoms with Crippen molar-refractivity contribution in [2.45, 2.75) is 19.9 Å². The molecule has 0 spiro atoms. The molecule has 16 heavy (non-hydrogen) atoms. The Morgan fingerprint density at radius 1 is 1.50 bits per heavy atom. The van der Waals surface area contributed by atoms with Crippen LogP contribution in [0, 0.1) is 6.92 Å². The zero-order valence-corrected chi connectivity index (χ0v) is 9.24. The van der Waals surface area contributed by atoms with Crippen LogP contribution < -0.4 is 5.73 Å². The molecule has 0 aliphatic heterocycles. The molecule has 4 N–H and O–H groups in total. The van der Waals surface area contributed by atoms with E-state index in [1.807, 2.05) is 25.1 Å². The van der Waals surface area contributed by atoms with E-state index in [4.69, 9.17) is 10.8 Å². The molecule has 0 saturated carbocycles. The zero-order valence-electron chi connectivity index (χ0n) is 9.24. The smallest absolute Gasteiger partial charge is 0.352 e. The van der Waals surface area contributed by atoms with Crippen LogP contribution in [0.15, 0.2) is 18.2 Å². The molecule has 1 heterocycles. The first-order chi connectivity index (χ1) is 7.50. The highest BCUT2D eigenvalue weighted by molar-refractivity contribution is 5.97. The lowest BCUT2D eigenvalue weighted by atomic mass is 10.0. The Hall–Kier alpha value is -1.81. The fraction of sp³-hybridized carbons (Fsp3) is 0.250. The molecule has 0 bridgehead atoms. The van der Waals surface area contributed by atoms with Crippen LogP contribution in [0.3, 0.4) is 0 Å². The number of rotatable bonds is 2. The molecule has 2 aromatic rings.